The van der Waals surface area contributed by atoms with E-state index in [0.717, 1.165) is 23.2 Å². The van der Waals surface area contributed by atoms with E-state index in [4.69, 9.17) is 4.74 Å². The Bertz CT molecular complexity index is 490. The van der Waals surface area contributed by atoms with Gasteiger partial charge in [0.2, 0.25) is 0 Å². The summed E-state index contributed by atoms with van der Waals surface area (Å²) in [6.45, 7) is 5.73. The second kappa shape index (κ2) is 5.43. The lowest BCUT2D eigenvalue weighted by molar-refractivity contribution is -0.148. The van der Waals surface area contributed by atoms with Crippen LogP contribution in [0.1, 0.15) is 24.5 Å². The molecule has 1 N–H and O–H groups in total. The predicted octanol–water partition coefficient (Wildman–Crippen LogP) is 2.44. The zero-order valence-electron chi connectivity index (χ0n) is 11.5. The largest absolute Gasteiger partial charge is 0.455 e. The van der Waals surface area contributed by atoms with E-state index in [2.05, 4.69) is 5.32 Å². The first-order valence-electron chi connectivity index (χ1n) is 6.50. The number of hydrogen-bond donors (Lipinski definition) is 1. The second-order valence-corrected chi connectivity index (χ2v) is 5.35. The Balaban J connectivity index is 1.82. The zero-order chi connectivity index (χ0) is 14.0. The Morgan fingerprint density at radius 2 is 1.84 bits per heavy atom. The number of rotatable bonds is 4. The molecule has 0 aromatic heterocycles. The van der Waals surface area contributed by atoms with Crippen LogP contribution in [0.25, 0.3) is 0 Å². The standard InChI is InChI=1S/C15H19NO3/c1-9-4-10(2)6-12(5-9)16-14(17)8-19-15(18)13-7-11(13)3/h4-6,11,13H,7-8H2,1-3H3,(H,16,17)/t11-,13-/m1/s1. The molecular formula is C15H19NO3. The van der Waals surface area contributed by atoms with Crippen molar-refractivity contribution in [2.24, 2.45) is 11.8 Å². The minimum Gasteiger partial charge on any atom is -0.455 e. The monoisotopic (exact) mass is 261 g/mol. The van der Waals surface area contributed by atoms with Gasteiger partial charge < -0.3 is 10.1 Å². The van der Waals surface area contributed by atoms with Crippen LogP contribution in [0.3, 0.4) is 0 Å². The van der Waals surface area contributed by atoms with Crippen LogP contribution in [0, 0.1) is 25.7 Å². The third-order valence-electron chi connectivity index (χ3n) is 3.26. The van der Waals surface area contributed by atoms with Crippen molar-refractivity contribution in [3.05, 3.63) is 29.3 Å². The fraction of sp³-hybridized carbons (Fsp3) is 0.467. The Morgan fingerprint density at radius 3 is 2.37 bits per heavy atom. The maximum Gasteiger partial charge on any atom is 0.309 e. The molecule has 4 nitrogen and oxygen atoms in total. The number of carbonyl (C=O) groups is 2. The van der Waals surface area contributed by atoms with Gasteiger partial charge in [-0.15, -0.1) is 0 Å². The smallest absolute Gasteiger partial charge is 0.309 e. The van der Waals surface area contributed by atoms with Gasteiger partial charge in [-0.1, -0.05) is 13.0 Å². The maximum absolute atomic E-state index is 11.7. The fourth-order valence-corrected chi connectivity index (χ4v) is 2.14. The molecule has 0 radical (unpaired) electrons. The molecule has 0 bridgehead atoms. The highest BCUT2D eigenvalue weighted by Gasteiger charge is 2.40. The van der Waals surface area contributed by atoms with Gasteiger partial charge in [0.05, 0.1) is 5.92 Å². The summed E-state index contributed by atoms with van der Waals surface area (Å²) in [6.07, 6.45) is 0.873. The number of benzene rings is 1. The van der Waals surface area contributed by atoms with Gasteiger partial charge >= 0.3 is 5.97 Å². The normalized spacial score (nSPS) is 20.8. The van der Waals surface area contributed by atoms with Crippen LogP contribution < -0.4 is 5.32 Å². The van der Waals surface area contributed by atoms with Gasteiger partial charge in [0.1, 0.15) is 0 Å². The van der Waals surface area contributed by atoms with E-state index in [1.165, 1.54) is 0 Å². The molecule has 1 saturated carbocycles. The number of amides is 1. The molecule has 2 rings (SSSR count). The van der Waals surface area contributed by atoms with Crippen LogP contribution in [-0.2, 0) is 14.3 Å². The lowest BCUT2D eigenvalue weighted by Crippen LogP contribution is -2.21. The molecule has 1 aromatic rings. The van der Waals surface area contributed by atoms with Gasteiger partial charge in [-0.3, -0.25) is 9.59 Å². The summed E-state index contributed by atoms with van der Waals surface area (Å²) in [5.41, 5.74) is 2.90. The molecule has 1 fully saturated rings. The number of carbonyl (C=O) groups excluding carboxylic acids is 2. The summed E-state index contributed by atoms with van der Waals surface area (Å²) < 4.78 is 4.98. The third kappa shape index (κ3) is 3.81. The molecule has 102 valence electrons. The quantitative estimate of drug-likeness (QED) is 0.847. The van der Waals surface area contributed by atoms with Crippen molar-refractivity contribution in [3.63, 3.8) is 0 Å². The number of hydrogen-bond acceptors (Lipinski definition) is 3. The van der Waals surface area contributed by atoms with Crippen LogP contribution in [-0.4, -0.2) is 18.5 Å². The fourth-order valence-electron chi connectivity index (χ4n) is 2.14. The van der Waals surface area contributed by atoms with Crippen molar-refractivity contribution in [2.45, 2.75) is 27.2 Å². The van der Waals surface area contributed by atoms with E-state index in [9.17, 15) is 9.59 Å². The van der Waals surface area contributed by atoms with Gasteiger partial charge in [-0.25, -0.2) is 0 Å². The molecule has 0 unspecified atom stereocenters. The molecule has 0 spiro atoms. The minimum absolute atomic E-state index is 0.00554. The molecule has 1 amide bonds. The van der Waals surface area contributed by atoms with Crippen LogP contribution >= 0.6 is 0 Å². The van der Waals surface area contributed by atoms with E-state index < -0.39 is 0 Å². The summed E-state index contributed by atoms with van der Waals surface area (Å²) in [5, 5.41) is 2.73. The van der Waals surface area contributed by atoms with E-state index in [-0.39, 0.29) is 24.4 Å². The summed E-state index contributed by atoms with van der Waals surface area (Å²) in [5.74, 6) is -0.168. The molecule has 1 aromatic carbocycles. The van der Waals surface area contributed by atoms with E-state index in [1.807, 2.05) is 39.0 Å². The molecule has 1 aliphatic rings. The molecule has 0 saturated heterocycles. The average molecular weight is 261 g/mol. The van der Waals surface area contributed by atoms with Gasteiger partial charge in [0.25, 0.3) is 5.91 Å². The Kier molecular flexibility index (Phi) is 3.88. The minimum atomic E-state index is -0.299. The van der Waals surface area contributed by atoms with Crippen molar-refractivity contribution in [1.29, 1.82) is 0 Å². The number of ether oxygens (including phenoxy) is 1. The summed E-state index contributed by atoms with van der Waals surface area (Å²) in [4.78, 5) is 23.2. The van der Waals surface area contributed by atoms with Crippen LogP contribution in [0.15, 0.2) is 18.2 Å². The van der Waals surface area contributed by atoms with Gasteiger partial charge in [0.15, 0.2) is 6.61 Å². The Labute approximate surface area is 113 Å². The second-order valence-electron chi connectivity index (χ2n) is 5.35. The number of nitrogens with one attached hydrogen (secondary N) is 1. The average Bonchev–Trinajstić information content (AvgIpc) is 3.02. The first-order valence-corrected chi connectivity index (χ1v) is 6.50. The first kappa shape index (κ1) is 13.6. The van der Waals surface area contributed by atoms with Crippen molar-refractivity contribution >= 4 is 17.6 Å². The van der Waals surface area contributed by atoms with Gasteiger partial charge in [-0.05, 0) is 49.4 Å². The highest BCUT2D eigenvalue weighted by atomic mass is 16.5. The van der Waals surface area contributed by atoms with Crippen molar-refractivity contribution < 1.29 is 14.3 Å². The summed E-state index contributed by atoms with van der Waals surface area (Å²) >= 11 is 0. The van der Waals surface area contributed by atoms with Crippen LogP contribution in [0.4, 0.5) is 5.69 Å². The molecular weight excluding hydrogens is 242 g/mol. The lowest BCUT2D eigenvalue weighted by atomic mass is 10.1. The van der Waals surface area contributed by atoms with E-state index >= 15 is 0 Å². The molecule has 19 heavy (non-hydrogen) atoms. The Hall–Kier alpha value is -1.84. The number of aryl methyl sites for hydroxylation is 2. The summed E-state index contributed by atoms with van der Waals surface area (Å²) in [6, 6.07) is 5.80. The maximum atomic E-state index is 11.7. The first-order chi connectivity index (χ1) is 8.95. The molecule has 0 heterocycles. The van der Waals surface area contributed by atoms with Gasteiger partial charge in [0, 0.05) is 5.69 Å². The number of esters is 1. The van der Waals surface area contributed by atoms with Crippen molar-refractivity contribution in [3.8, 4) is 0 Å². The highest BCUT2D eigenvalue weighted by Crippen LogP contribution is 2.38. The summed E-state index contributed by atoms with van der Waals surface area (Å²) in [7, 11) is 0. The zero-order valence-corrected chi connectivity index (χ0v) is 11.5. The molecule has 0 aliphatic heterocycles. The molecule has 4 heteroatoms. The highest BCUT2D eigenvalue weighted by molar-refractivity contribution is 5.93. The van der Waals surface area contributed by atoms with Gasteiger partial charge in [-0.2, -0.15) is 0 Å². The Morgan fingerprint density at radius 1 is 1.26 bits per heavy atom. The topological polar surface area (TPSA) is 55.4 Å². The lowest BCUT2D eigenvalue weighted by Gasteiger charge is -2.08. The van der Waals surface area contributed by atoms with Crippen LogP contribution in [0.2, 0.25) is 0 Å². The third-order valence-corrected chi connectivity index (χ3v) is 3.26. The number of anilines is 1. The van der Waals surface area contributed by atoms with Crippen LogP contribution in [0.5, 0.6) is 0 Å². The van der Waals surface area contributed by atoms with Crippen molar-refractivity contribution in [2.75, 3.05) is 11.9 Å². The molecule has 2 atom stereocenters. The molecule has 1 aliphatic carbocycles. The van der Waals surface area contributed by atoms with Crippen molar-refractivity contribution in [1.82, 2.24) is 0 Å². The van der Waals surface area contributed by atoms with E-state index in [1.54, 1.807) is 0 Å². The predicted molar refractivity (Wildman–Crippen MR) is 72.8 cm³/mol. The van der Waals surface area contributed by atoms with E-state index in [0.29, 0.717) is 5.92 Å². The SMILES string of the molecule is Cc1cc(C)cc(NC(=O)COC(=O)[C@@H]2C[C@H]2C)c1.